The van der Waals surface area contributed by atoms with E-state index in [1.165, 1.54) is 30.9 Å². The van der Waals surface area contributed by atoms with Gasteiger partial charge >= 0.3 is 0 Å². The Bertz CT molecular complexity index is 3490. The van der Waals surface area contributed by atoms with E-state index in [4.69, 9.17) is 8.83 Å². The lowest BCUT2D eigenvalue weighted by Crippen LogP contribution is -2.09. The number of para-hydroxylation sites is 3. The van der Waals surface area contributed by atoms with E-state index in [1.54, 1.807) is 0 Å². The largest absolute Gasteiger partial charge is 0.456 e. The lowest BCUT2D eigenvalue weighted by Gasteiger charge is -2.26. The fourth-order valence-electron chi connectivity index (χ4n) is 8.61. The van der Waals surface area contributed by atoms with Crippen LogP contribution in [0, 0.1) is 0 Å². The van der Waals surface area contributed by atoms with Crippen molar-refractivity contribution in [3.05, 3.63) is 194 Å². The first-order valence-corrected chi connectivity index (χ1v) is 20.0. The summed E-state index contributed by atoms with van der Waals surface area (Å²) < 4.78 is 15.1. The molecule has 0 saturated carbocycles. The molecule has 0 saturated heterocycles. The molecule has 3 heterocycles. The standard InChI is InChI=1S/C52H32N2O2S/c1-3-12-34(13-4-1)53(36-21-26-47-43(29-36)41-17-9-10-18-46(41)55-47)38-23-28-50-44(30-38)42-24-20-39(32-51(42)57-50)54(35-14-5-2-6-15-35)37-22-27-48-45(31-37)52-40-16-8-7-11-33(40)19-25-49(52)56-48/h1-32H. The molecule has 5 heteroatoms. The Balaban J connectivity index is 0.998. The zero-order valence-corrected chi connectivity index (χ0v) is 31.4. The molecule has 268 valence electrons. The number of hydrogen-bond donors (Lipinski definition) is 0. The van der Waals surface area contributed by atoms with Crippen molar-refractivity contribution in [3.8, 4) is 0 Å². The molecule has 0 spiro atoms. The molecule has 12 rings (SSSR count). The molecule has 0 atom stereocenters. The van der Waals surface area contributed by atoms with E-state index < -0.39 is 0 Å². The number of rotatable bonds is 6. The third-order valence-electron chi connectivity index (χ3n) is 11.2. The maximum atomic E-state index is 6.39. The van der Waals surface area contributed by atoms with Gasteiger partial charge in [-0.1, -0.05) is 91.0 Å². The topological polar surface area (TPSA) is 32.8 Å². The summed E-state index contributed by atoms with van der Waals surface area (Å²) in [4.78, 5) is 4.69. The summed E-state index contributed by atoms with van der Waals surface area (Å²) in [5, 5.41) is 9.36. The second-order valence-corrected chi connectivity index (χ2v) is 15.6. The maximum absolute atomic E-state index is 6.39. The molecule has 0 unspecified atom stereocenters. The maximum Gasteiger partial charge on any atom is 0.136 e. The number of benzene rings is 9. The van der Waals surface area contributed by atoms with Crippen LogP contribution in [0.3, 0.4) is 0 Å². The Morgan fingerprint density at radius 1 is 0.298 bits per heavy atom. The Labute approximate surface area is 331 Å². The zero-order chi connectivity index (χ0) is 37.5. The summed E-state index contributed by atoms with van der Waals surface area (Å²) in [7, 11) is 0. The molecule has 3 aromatic heterocycles. The first-order chi connectivity index (χ1) is 28.2. The molecular formula is C52H32N2O2S. The molecule has 0 aliphatic heterocycles. The van der Waals surface area contributed by atoms with E-state index in [9.17, 15) is 0 Å². The van der Waals surface area contributed by atoms with Gasteiger partial charge in [0.15, 0.2) is 0 Å². The monoisotopic (exact) mass is 748 g/mol. The molecule has 12 aromatic rings. The number of nitrogens with zero attached hydrogens (tertiary/aromatic N) is 2. The minimum atomic E-state index is 0.886. The van der Waals surface area contributed by atoms with Gasteiger partial charge in [-0.15, -0.1) is 11.3 Å². The van der Waals surface area contributed by atoms with E-state index in [1.807, 2.05) is 23.5 Å². The predicted octanol–water partition coefficient (Wildman–Crippen LogP) is 15.9. The summed E-state index contributed by atoms with van der Waals surface area (Å²) in [6.07, 6.45) is 0. The van der Waals surface area contributed by atoms with Gasteiger partial charge in [0, 0.05) is 75.8 Å². The fraction of sp³-hybridized carbons (Fsp3) is 0. The van der Waals surface area contributed by atoms with Crippen molar-refractivity contribution < 1.29 is 8.83 Å². The van der Waals surface area contributed by atoms with Gasteiger partial charge in [0.05, 0.1) is 0 Å². The van der Waals surface area contributed by atoms with Crippen LogP contribution in [0.25, 0.3) is 74.8 Å². The number of hydrogen-bond acceptors (Lipinski definition) is 5. The molecule has 0 radical (unpaired) electrons. The average molecular weight is 749 g/mol. The lowest BCUT2D eigenvalue weighted by molar-refractivity contribution is 0.668. The van der Waals surface area contributed by atoms with Crippen LogP contribution in [0.4, 0.5) is 34.1 Å². The van der Waals surface area contributed by atoms with Crippen molar-refractivity contribution in [2.45, 2.75) is 0 Å². The van der Waals surface area contributed by atoms with Crippen LogP contribution >= 0.6 is 11.3 Å². The number of fused-ring (bicyclic) bond motifs is 11. The quantitative estimate of drug-likeness (QED) is 0.170. The zero-order valence-electron chi connectivity index (χ0n) is 30.6. The third kappa shape index (κ3) is 5.13. The average Bonchev–Trinajstić information content (AvgIpc) is 3.95. The van der Waals surface area contributed by atoms with Crippen LogP contribution < -0.4 is 9.80 Å². The van der Waals surface area contributed by atoms with Crippen LogP contribution in [0.15, 0.2) is 203 Å². The molecule has 0 aliphatic rings. The van der Waals surface area contributed by atoms with Crippen LogP contribution in [0.5, 0.6) is 0 Å². The lowest BCUT2D eigenvalue weighted by atomic mass is 10.0. The van der Waals surface area contributed by atoms with E-state index in [2.05, 4.69) is 192 Å². The molecule has 57 heavy (non-hydrogen) atoms. The highest BCUT2D eigenvalue weighted by Gasteiger charge is 2.20. The Kier molecular flexibility index (Phi) is 7.06. The fourth-order valence-corrected chi connectivity index (χ4v) is 9.73. The van der Waals surface area contributed by atoms with Gasteiger partial charge < -0.3 is 18.6 Å². The minimum absolute atomic E-state index is 0.886. The predicted molar refractivity (Wildman–Crippen MR) is 241 cm³/mol. The first kappa shape index (κ1) is 32.0. The van der Waals surface area contributed by atoms with Crippen LogP contribution in [0.1, 0.15) is 0 Å². The molecular weight excluding hydrogens is 717 g/mol. The molecule has 0 fully saturated rings. The summed E-state index contributed by atoms with van der Waals surface area (Å²) >= 11 is 1.83. The molecule has 9 aromatic carbocycles. The van der Waals surface area contributed by atoms with Gasteiger partial charge in [0.25, 0.3) is 0 Å². The van der Waals surface area contributed by atoms with Crippen molar-refractivity contribution in [1.82, 2.24) is 0 Å². The summed E-state index contributed by atoms with van der Waals surface area (Å²) in [5.41, 5.74) is 10.1. The SMILES string of the molecule is c1ccc(N(c2ccc3oc4ccccc4c3c2)c2ccc3sc4cc(N(c5ccccc5)c5ccc6oc7ccc8ccccc8c7c6c5)ccc4c3c2)cc1. The van der Waals surface area contributed by atoms with Crippen molar-refractivity contribution >= 4 is 120 Å². The smallest absolute Gasteiger partial charge is 0.136 e. The summed E-state index contributed by atoms with van der Waals surface area (Å²) in [5.74, 6) is 0. The molecule has 4 nitrogen and oxygen atoms in total. The Hall–Kier alpha value is -7.34. The highest BCUT2D eigenvalue weighted by atomic mass is 32.1. The number of furan rings is 2. The second-order valence-electron chi connectivity index (χ2n) is 14.5. The normalized spacial score (nSPS) is 11.9. The van der Waals surface area contributed by atoms with Gasteiger partial charge in [-0.05, 0) is 114 Å². The van der Waals surface area contributed by atoms with Crippen molar-refractivity contribution in [1.29, 1.82) is 0 Å². The van der Waals surface area contributed by atoms with Gasteiger partial charge in [0.2, 0.25) is 0 Å². The van der Waals surface area contributed by atoms with Gasteiger partial charge in [0.1, 0.15) is 22.3 Å². The minimum Gasteiger partial charge on any atom is -0.456 e. The highest BCUT2D eigenvalue weighted by Crippen LogP contribution is 2.45. The first-order valence-electron chi connectivity index (χ1n) is 19.2. The number of thiophene rings is 1. The van der Waals surface area contributed by atoms with E-state index >= 15 is 0 Å². The van der Waals surface area contributed by atoms with Crippen LogP contribution in [-0.4, -0.2) is 0 Å². The third-order valence-corrected chi connectivity index (χ3v) is 12.3. The second kappa shape index (κ2) is 12.6. The van der Waals surface area contributed by atoms with Crippen LogP contribution in [0.2, 0.25) is 0 Å². The van der Waals surface area contributed by atoms with Gasteiger partial charge in [-0.2, -0.15) is 0 Å². The molecule has 0 N–H and O–H groups in total. The Morgan fingerprint density at radius 2 is 0.825 bits per heavy atom. The van der Waals surface area contributed by atoms with Crippen molar-refractivity contribution in [2.75, 3.05) is 9.80 Å². The van der Waals surface area contributed by atoms with Gasteiger partial charge in [-0.3, -0.25) is 0 Å². The van der Waals surface area contributed by atoms with Crippen LogP contribution in [-0.2, 0) is 0 Å². The highest BCUT2D eigenvalue weighted by molar-refractivity contribution is 7.25. The van der Waals surface area contributed by atoms with Crippen molar-refractivity contribution in [3.63, 3.8) is 0 Å². The van der Waals surface area contributed by atoms with E-state index in [0.717, 1.165) is 78.0 Å². The summed E-state index contributed by atoms with van der Waals surface area (Å²) in [6, 6.07) is 69.1. The van der Waals surface area contributed by atoms with Crippen molar-refractivity contribution in [2.24, 2.45) is 0 Å². The molecule has 0 bridgehead atoms. The van der Waals surface area contributed by atoms with E-state index in [0.29, 0.717) is 0 Å². The molecule has 0 aliphatic carbocycles. The number of anilines is 6. The van der Waals surface area contributed by atoms with Gasteiger partial charge in [-0.25, -0.2) is 0 Å². The van der Waals surface area contributed by atoms with E-state index in [-0.39, 0.29) is 0 Å². The summed E-state index contributed by atoms with van der Waals surface area (Å²) in [6.45, 7) is 0. The Morgan fingerprint density at radius 3 is 1.58 bits per heavy atom. The molecule has 0 amide bonds.